The van der Waals surface area contributed by atoms with Gasteiger partial charge in [0.1, 0.15) is 58.1 Å². The van der Waals surface area contributed by atoms with Gasteiger partial charge in [-0.05, 0) is 193 Å². The van der Waals surface area contributed by atoms with Crippen LogP contribution in [-0.2, 0) is 9.59 Å². The molecule has 0 fully saturated rings. The number of nitrogens with one attached hydrogen (secondary N) is 2. The number of nitrogens with zero attached hydrogens (tertiary/aromatic N) is 2. The number of anilines is 2. The van der Waals surface area contributed by atoms with Crippen molar-refractivity contribution in [3.63, 3.8) is 0 Å². The third-order valence-corrected chi connectivity index (χ3v) is 18.5. The number of aliphatic hydroxyl groups is 2. The number of aryl methyl sites for hydroxylation is 4. The van der Waals surface area contributed by atoms with E-state index in [4.69, 9.17) is 18.9 Å². The molecule has 13 rings (SSSR count). The molecule has 0 saturated heterocycles. The van der Waals surface area contributed by atoms with Gasteiger partial charge in [-0.1, -0.05) is 116 Å². The van der Waals surface area contributed by atoms with Gasteiger partial charge in [0, 0.05) is 54.5 Å². The van der Waals surface area contributed by atoms with Crippen molar-refractivity contribution in [3.05, 3.63) is 224 Å². The van der Waals surface area contributed by atoms with Crippen molar-refractivity contribution in [3.8, 4) is 46.0 Å². The first-order valence-corrected chi connectivity index (χ1v) is 33.1. The van der Waals surface area contributed by atoms with E-state index in [0.29, 0.717) is 34.4 Å². The molecular formula is C82H76N4O12. The van der Waals surface area contributed by atoms with E-state index in [1.54, 1.807) is 60.7 Å². The zero-order valence-electron chi connectivity index (χ0n) is 56.8. The molecule has 98 heavy (non-hydrogen) atoms. The van der Waals surface area contributed by atoms with Crippen molar-refractivity contribution in [2.24, 2.45) is 0 Å². The van der Waals surface area contributed by atoms with Crippen molar-refractivity contribution in [2.75, 3.05) is 23.8 Å². The summed E-state index contributed by atoms with van der Waals surface area (Å²) in [6, 6.07) is 42.9. The van der Waals surface area contributed by atoms with Crippen molar-refractivity contribution in [2.45, 2.75) is 119 Å². The number of amides is 6. The maximum absolute atomic E-state index is 16.1. The standard InChI is InChI=1S/C82H76N4O12/c1-41(2)49-23-45(9)27-55(31-49)95-65-35-59-69-60(80(92)85(79(59)91)63(39-87)77(89)83-53-19-15-13-16-20-53)37-67(97-57-29-47(11)25-51(33-57)43(5)6)73-74-68(98-58-30-48(12)26-52(34-58)44(7)8)38-62-70-61(81(93)86(82(62)94)64(40-88)78(90)84-54-21-17-14-18-22-54)36-66(72(76(70)74)71(65)75(69)73)96-56-28-46(10)24-50(32-56)42(3)4/h13-38,41-44,63-64,87-88H,39-40H2,1-12H3,(H,83,89)(H,84,90). The van der Waals surface area contributed by atoms with Crippen LogP contribution < -0.4 is 29.6 Å². The van der Waals surface area contributed by atoms with Gasteiger partial charge in [-0.15, -0.1) is 0 Å². The van der Waals surface area contributed by atoms with E-state index < -0.39 is 60.7 Å². The molecule has 0 aromatic heterocycles. The summed E-state index contributed by atoms with van der Waals surface area (Å²) in [4.78, 5) is 95.3. The molecule has 16 heteroatoms. The number of ether oxygens (including phenoxy) is 4. The molecule has 16 nitrogen and oxygen atoms in total. The maximum Gasteiger partial charge on any atom is 0.262 e. The Bertz CT molecular complexity index is 4550. The summed E-state index contributed by atoms with van der Waals surface area (Å²) in [5.41, 5.74) is 7.57. The number of hydrogen-bond donors (Lipinski definition) is 4. The van der Waals surface area contributed by atoms with Gasteiger partial charge < -0.3 is 39.8 Å². The Balaban J connectivity index is 1.24. The SMILES string of the molecule is Cc1cc(Oc2cc3c4c(cc(Oc5cc(C)cc(C(C)C)c5)c5c6c(Oc7cc(C)cc(C(C)C)c7)cc7c8c(cc(Oc9cc(C)cc(C(C)C)c9)c(c2c45)c86)C(=O)N(C(CO)C(=O)Nc2ccccc2)C7=O)C(=O)N(C(CO)C(=O)Nc2ccccc2)C3=O)cc(C(C)C)c1. The summed E-state index contributed by atoms with van der Waals surface area (Å²) in [5.74, 6) is -3.61. The highest BCUT2D eigenvalue weighted by Crippen LogP contribution is 2.58. The monoisotopic (exact) mass is 1310 g/mol. The van der Waals surface area contributed by atoms with Crippen LogP contribution in [0.25, 0.3) is 43.1 Å². The van der Waals surface area contributed by atoms with Crippen molar-refractivity contribution >= 4 is 89.9 Å². The number of aliphatic hydroxyl groups excluding tert-OH is 2. The molecule has 2 heterocycles. The number of imide groups is 2. The van der Waals surface area contributed by atoms with Gasteiger partial charge in [-0.25, -0.2) is 0 Å². The third kappa shape index (κ3) is 11.9. The van der Waals surface area contributed by atoms with Crippen LogP contribution in [0, 0.1) is 27.7 Å². The van der Waals surface area contributed by atoms with Crippen LogP contribution in [0.4, 0.5) is 11.4 Å². The Kier molecular flexibility index (Phi) is 17.4. The van der Waals surface area contributed by atoms with Crippen LogP contribution in [0.5, 0.6) is 46.0 Å². The van der Waals surface area contributed by atoms with E-state index in [9.17, 15) is 19.8 Å². The predicted molar refractivity (Wildman–Crippen MR) is 382 cm³/mol. The van der Waals surface area contributed by atoms with Gasteiger partial charge in [0.25, 0.3) is 23.6 Å². The molecule has 11 aromatic rings. The minimum atomic E-state index is -1.76. The summed E-state index contributed by atoms with van der Waals surface area (Å²) in [7, 11) is 0. The van der Waals surface area contributed by atoms with Crippen molar-refractivity contribution in [1.29, 1.82) is 0 Å². The molecule has 0 saturated carbocycles. The zero-order chi connectivity index (χ0) is 69.4. The zero-order valence-corrected chi connectivity index (χ0v) is 56.8. The number of benzene rings is 11. The first kappa shape index (κ1) is 65.7. The van der Waals surface area contributed by atoms with Crippen LogP contribution in [0.2, 0.25) is 0 Å². The van der Waals surface area contributed by atoms with Crippen molar-refractivity contribution < 1.29 is 57.9 Å². The lowest BCUT2D eigenvalue weighted by molar-refractivity contribution is -0.121. The summed E-state index contributed by atoms with van der Waals surface area (Å²) in [6.45, 7) is 22.4. The van der Waals surface area contributed by atoms with Crippen LogP contribution in [-0.4, -0.2) is 80.8 Å². The molecule has 6 amide bonds. The summed E-state index contributed by atoms with van der Waals surface area (Å²) in [6.07, 6.45) is 0. The van der Waals surface area contributed by atoms with Crippen LogP contribution in [0.1, 0.15) is 165 Å². The van der Waals surface area contributed by atoms with E-state index >= 15 is 19.2 Å². The largest absolute Gasteiger partial charge is 0.457 e. The van der Waals surface area contributed by atoms with Crippen LogP contribution in [0.15, 0.2) is 158 Å². The Morgan fingerprint density at radius 3 is 0.816 bits per heavy atom. The second-order valence-corrected chi connectivity index (χ2v) is 27.1. The number of rotatable bonds is 20. The normalized spacial score (nSPS) is 13.7. The smallest absolute Gasteiger partial charge is 0.262 e. The topological polar surface area (TPSA) is 210 Å². The van der Waals surface area contributed by atoms with E-state index in [1.165, 1.54) is 24.3 Å². The van der Waals surface area contributed by atoms with Gasteiger partial charge in [-0.2, -0.15) is 0 Å². The second-order valence-electron chi connectivity index (χ2n) is 27.1. The molecule has 0 bridgehead atoms. The Hall–Kier alpha value is -10.9. The molecule has 4 N–H and O–H groups in total. The van der Waals surface area contributed by atoms with Crippen LogP contribution in [0.3, 0.4) is 0 Å². The lowest BCUT2D eigenvalue weighted by Crippen LogP contribution is -2.54. The fourth-order valence-corrected chi connectivity index (χ4v) is 13.7. The van der Waals surface area contributed by atoms with Gasteiger partial charge >= 0.3 is 0 Å². The quantitative estimate of drug-likeness (QED) is 0.0319. The van der Waals surface area contributed by atoms with Gasteiger partial charge in [-0.3, -0.25) is 38.6 Å². The first-order valence-electron chi connectivity index (χ1n) is 33.1. The molecule has 11 aromatic carbocycles. The Labute approximate surface area is 568 Å². The molecular weight excluding hydrogens is 1230 g/mol. The number of carbonyl (C=O) groups excluding carboxylic acids is 6. The van der Waals surface area contributed by atoms with E-state index in [-0.39, 0.29) is 112 Å². The molecule has 0 radical (unpaired) electrons. The number of para-hydroxylation sites is 2. The second kappa shape index (κ2) is 25.9. The minimum Gasteiger partial charge on any atom is -0.457 e. The van der Waals surface area contributed by atoms with Gasteiger partial charge in [0.2, 0.25) is 11.8 Å². The number of fused-ring (bicyclic) bond motifs is 2. The fourth-order valence-electron chi connectivity index (χ4n) is 13.7. The molecule has 0 aliphatic carbocycles. The number of hydrogen-bond acceptors (Lipinski definition) is 12. The average molecular weight is 1310 g/mol. The highest BCUT2D eigenvalue weighted by atomic mass is 16.5. The molecule has 2 aliphatic heterocycles. The minimum absolute atomic E-state index is 0.0275. The number of carbonyl (C=O) groups is 6. The molecule has 496 valence electrons. The summed E-state index contributed by atoms with van der Waals surface area (Å²) < 4.78 is 29.5. The molecule has 2 unspecified atom stereocenters. The highest BCUT2D eigenvalue weighted by Gasteiger charge is 2.46. The lowest BCUT2D eigenvalue weighted by atomic mass is 9.80. The maximum atomic E-state index is 16.1. The summed E-state index contributed by atoms with van der Waals surface area (Å²) in [5, 5.41) is 30.0. The Morgan fingerprint density at radius 1 is 0.347 bits per heavy atom. The average Bonchev–Trinajstić information content (AvgIpc) is 0.672. The van der Waals surface area contributed by atoms with Crippen LogP contribution >= 0.6 is 0 Å². The third-order valence-electron chi connectivity index (χ3n) is 18.5. The van der Waals surface area contributed by atoms with E-state index in [0.717, 1.165) is 54.3 Å². The molecule has 2 aliphatic rings. The van der Waals surface area contributed by atoms with E-state index in [1.807, 2.05) is 76.2 Å². The Morgan fingerprint density at radius 2 is 0.592 bits per heavy atom. The lowest BCUT2D eigenvalue weighted by Gasteiger charge is -2.35. The van der Waals surface area contributed by atoms with Crippen molar-refractivity contribution in [1.82, 2.24) is 9.80 Å². The predicted octanol–water partition coefficient (Wildman–Crippen LogP) is 17.8. The van der Waals surface area contributed by atoms with Gasteiger partial charge in [0.15, 0.2) is 0 Å². The van der Waals surface area contributed by atoms with E-state index in [2.05, 4.69) is 90.3 Å². The van der Waals surface area contributed by atoms with Gasteiger partial charge in [0.05, 0.1) is 35.5 Å². The first-order chi connectivity index (χ1) is 46.9. The highest BCUT2D eigenvalue weighted by molar-refractivity contribution is 6.45. The fraction of sp³-hybridized carbons (Fsp3) is 0.244. The molecule has 2 atom stereocenters. The summed E-state index contributed by atoms with van der Waals surface area (Å²) >= 11 is 0. The molecule has 0 spiro atoms.